The summed E-state index contributed by atoms with van der Waals surface area (Å²) in [5, 5.41) is 1.94. The molecule has 0 aliphatic carbocycles. The van der Waals surface area contributed by atoms with Gasteiger partial charge in [-0.3, -0.25) is 0 Å². The largest absolute Gasteiger partial charge is 0.345 e. The Morgan fingerprint density at radius 2 is 1.77 bits per heavy atom. The normalized spacial score (nSPS) is 10.9. The van der Waals surface area contributed by atoms with Gasteiger partial charge in [0.2, 0.25) is 0 Å². The number of aromatic amines is 1. The molecule has 0 fully saturated rings. The Hall–Kier alpha value is -1.48. The summed E-state index contributed by atoms with van der Waals surface area (Å²) in [5.41, 5.74) is 3.70. The summed E-state index contributed by atoms with van der Waals surface area (Å²) in [7, 11) is 0. The highest BCUT2D eigenvalue weighted by Crippen LogP contribution is 2.31. The summed E-state index contributed by atoms with van der Waals surface area (Å²) >= 11 is 18.4. The second-order valence-corrected chi connectivity index (χ2v) is 6.30. The Bertz CT molecular complexity index is 825. The SMILES string of the molecule is Cc1[nH]c(Cc2ccccc2Cl)nc1-c1ccc(Cl)cc1Cl. The molecular formula is C17H13Cl3N2. The fourth-order valence-corrected chi connectivity index (χ4v) is 3.07. The number of rotatable bonds is 3. The van der Waals surface area contributed by atoms with E-state index in [1.807, 2.05) is 43.3 Å². The first-order chi connectivity index (χ1) is 10.5. The van der Waals surface area contributed by atoms with E-state index in [1.165, 1.54) is 0 Å². The van der Waals surface area contributed by atoms with E-state index < -0.39 is 0 Å². The van der Waals surface area contributed by atoms with Gasteiger partial charge < -0.3 is 4.98 Å². The number of H-pyrrole nitrogens is 1. The quantitative estimate of drug-likeness (QED) is 0.622. The molecule has 0 saturated heterocycles. The van der Waals surface area contributed by atoms with Gasteiger partial charge in [0.15, 0.2) is 0 Å². The van der Waals surface area contributed by atoms with Crippen molar-refractivity contribution in [3.63, 3.8) is 0 Å². The van der Waals surface area contributed by atoms with Gasteiger partial charge in [-0.2, -0.15) is 0 Å². The topological polar surface area (TPSA) is 28.7 Å². The Balaban J connectivity index is 1.96. The van der Waals surface area contributed by atoms with Crippen molar-refractivity contribution in [1.82, 2.24) is 9.97 Å². The molecule has 2 aromatic carbocycles. The van der Waals surface area contributed by atoms with Crippen molar-refractivity contribution in [3.8, 4) is 11.3 Å². The van der Waals surface area contributed by atoms with Gasteiger partial charge in [0, 0.05) is 27.7 Å². The Kier molecular flexibility index (Phi) is 4.44. The van der Waals surface area contributed by atoms with Gasteiger partial charge in [-0.05, 0) is 36.8 Å². The minimum Gasteiger partial charge on any atom is -0.345 e. The number of nitrogens with one attached hydrogen (secondary N) is 1. The maximum Gasteiger partial charge on any atom is 0.111 e. The predicted octanol–water partition coefficient (Wildman–Crippen LogP) is 5.94. The van der Waals surface area contributed by atoms with Crippen LogP contribution in [-0.4, -0.2) is 9.97 Å². The molecule has 0 atom stereocenters. The third-order valence-corrected chi connectivity index (χ3v) is 4.35. The second kappa shape index (κ2) is 6.33. The monoisotopic (exact) mass is 350 g/mol. The molecule has 0 unspecified atom stereocenters. The Labute approximate surface area is 144 Å². The summed E-state index contributed by atoms with van der Waals surface area (Å²) in [6.45, 7) is 1.98. The molecule has 1 N–H and O–H groups in total. The first-order valence-electron chi connectivity index (χ1n) is 6.79. The van der Waals surface area contributed by atoms with Crippen LogP contribution in [0, 0.1) is 6.92 Å². The molecule has 5 heteroatoms. The van der Waals surface area contributed by atoms with Crippen LogP contribution in [0.4, 0.5) is 0 Å². The molecule has 22 heavy (non-hydrogen) atoms. The van der Waals surface area contributed by atoms with Gasteiger partial charge in [-0.15, -0.1) is 0 Å². The van der Waals surface area contributed by atoms with Crippen molar-refractivity contribution < 1.29 is 0 Å². The lowest BCUT2D eigenvalue weighted by Crippen LogP contribution is -1.91. The van der Waals surface area contributed by atoms with Crippen LogP contribution in [0.25, 0.3) is 11.3 Å². The van der Waals surface area contributed by atoms with E-state index in [2.05, 4.69) is 9.97 Å². The second-order valence-electron chi connectivity index (χ2n) is 5.05. The molecule has 0 amide bonds. The zero-order chi connectivity index (χ0) is 15.7. The van der Waals surface area contributed by atoms with E-state index in [9.17, 15) is 0 Å². The highest BCUT2D eigenvalue weighted by atomic mass is 35.5. The number of hydrogen-bond donors (Lipinski definition) is 1. The summed E-state index contributed by atoms with van der Waals surface area (Å²) in [6, 6.07) is 13.2. The van der Waals surface area contributed by atoms with Crippen LogP contribution >= 0.6 is 34.8 Å². The standard InChI is InChI=1S/C17H13Cl3N2/c1-10-17(13-7-6-12(18)9-15(13)20)22-16(21-10)8-11-4-2-3-5-14(11)19/h2-7,9H,8H2,1H3,(H,21,22). The van der Waals surface area contributed by atoms with Crippen molar-refractivity contribution in [3.05, 3.63) is 74.6 Å². The molecule has 0 bridgehead atoms. The average Bonchev–Trinajstić information content (AvgIpc) is 2.82. The highest BCUT2D eigenvalue weighted by molar-refractivity contribution is 6.36. The van der Waals surface area contributed by atoms with Crippen LogP contribution in [0.2, 0.25) is 15.1 Å². The van der Waals surface area contributed by atoms with Crippen molar-refractivity contribution in [2.24, 2.45) is 0 Å². The molecule has 1 heterocycles. The van der Waals surface area contributed by atoms with E-state index in [0.29, 0.717) is 16.5 Å². The zero-order valence-electron chi connectivity index (χ0n) is 11.8. The van der Waals surface area contributed by atoms with Crippen molar-refractivity contribution in [2.75, 3.05) is 0 Å². The Morgan fingerprint density at radius 1 is 1.00 bits per heavy atom. The fourth-order valence-electron chi connectivity index (χ4n) is 2.37. The Morgan fingerprint density at radius 3 is 2.50 bits per heavy atom. The molecule has 3 rings (SSSR count). The number of halogens is 3. The summed E-state index contributed by atoms with van der Waals surface area (Å²) in [6.07, 6.45) is 0.645. The average molecular weight is 352 g/mol. The van der Waals surface area contributed by atoms with E-state index in [-0.39, 0.29) is 0 Å². The number of aryl methyl sites for hydroxylation is 1. The predicted molar refractivity (Wildman–Crippen MR) is 93.0 cm³/mol. The number of hydrogen-bond acceptors (Lipinski definition) is 1. The smallest absolute Gasteiger partial charge is 0.111 e. The number of aromatic nitrogens is 2. The van der Waals surface area contributed by atoms with Crippen LogP contribution in [0.15, 0.2) is 42.5 Å². The van der Waals surface area contributed by atoms with Crippen LogP contribution in [-0.2, 0) is 6.42 Å². The molecule has 112 valence electrons. The first kappa shape index (κ1) is 15.4. The van der Waals surface area contributed by atoms with Crippen LogP contribution in [0.1, 0.15) is 17.1 Å². The van der Waals surface area contributed by atoms with Crippen molar-refractivity contribution in [1.29, 1.82) is 0 Å². The fraction of sp³-hybridized carbons (Fsp3) is 0.118. The van der Waals surface area contributed by atoms with Gasteiger partial charge >= 0.3 is 0 Å². The third kappa shape index (κ3) is 3.14. The highest BCUT2D eigenvalue weighted by Gasteiger charge is 2.13. The lowest BCUT2D eigenvalue weighted by molar-refractivity contribution is 1.02. The number of imidazole rings is 1. The third-order valence-electron chi connectivity index (χ3n) is 3.44. The van der Waals surface area contributed by atoms with Gasteiger partial charge in [0.05, 0.1) is 10.7 Å². The molecule has 2 nitrogen and oxygen atoms in total. The minimum absolute atomic E-state index is 0.589. The van der Waals surface area contributed by atoms with Gasteiger partial charge in [-0.25, -0.2) is 4.98 Å². The van der Waals surface area contributed by atoms with E-state index in [1.54, 1.807) is 6.07 Å². The molecule has 0 spiro atoms. The zero-order valence-corrected chi connectivity index (χ0v) is 14.1. The molecule has 1 aromatic heterocycles. The summed E-state index contributed by atoms with van der Waals surface area (Å²) in [4.78, 5) is 7.96. The van der Waals surface area contributed by atoms with Crippen LogP contribution in [0.3, 0.4) is 0 Å². The number of nitrogens with zero attached hydrogens (tertiary/aromatic N) is 1. The number of benzene rings is 2. The molecule has 0 radical (unpaired) electrons. The van der Waals surface area contributed by atoms with E-state index in [4.69, 9.17) is 34.8 Å². The molecule has 0 aliphatic rings. The lowest BCUT2D eigenvalue weighted by atomic mass is 10.1. The van der Waals surface area contributed by atoms with Crippen LogP contribution < -0.4 is 0 Å². The maximum atomic E-state index is 6.27. The minimum atomic E-state index is 0.589. The van der Waals surface area contributed by atoms with Gasteiger partial charge in [-0.1, -0.05) is 53.0 Å². The van der Waals surface area contributed by atoms with Crippen LogP contribution in [0.5, 0.6) is 0 Å². The van der Waals surface area contributed by atoms with E-state index in [0.717, 1.165) is 33.4 Å². The summed E-state index contributed by atoms with van der Waals surface area (Å²) < 4.78 is 0. The summed E-state index contributed by atoms with van der Waals surface area (Å²) in [5.74, 6) is 0.853. The van der Waals surface area contributed by atoms with Gasteiger partial charge in [0.25, 0.3) is 0 Å². The van der Waals surface area contributed by atoms with Gasteiger partial charge in [0.1, 0.15) is 5.82 Å². The van der Waals surface area contributed by atoms with Crippen molar-refractivity contribution in [2.45, 2.75) is 13.3 Å². The van der Waals surface area contributed by atoms with E-state index >= 15 is 0 Å². The molecule has 0 saturated carbocycles. The molecular weight excluding hydrogens is 339 g/mol. The first-order valence-corrected chi connectivity index (χ1v) is 7.92. The van der Waals surface area contributed by atoms with Crippen molar-refractivity contribution >= 4 is 34.8 Å². The molecule has 3 aromatic rings. The molecule has 0 aliphatic heterocycles. The lowest BCUT2D eigenvalue weighted by Gasteiger charge is -2.02. The maximum absolute atomic E-state index is 6.27.